The molecule has 100 valence electrons. The van der Waals surface area contributed by atoms with Gasteiger partial charge >= 0.3 is 5.97 Å². The standard InChI is InChI=1S/C14H14O5/c1-17-12-7-10(9-15)8-13(18-2)11(12)5-4-6-14(16)19-3/h7-9H,6H2,1-3H3. The van der Waals surface area contributed by atoms with E-state index in [1.807, 2.05) is 0 Å². The molecule has 0 saturated heterocycles. The Bertz CT molecular complexity index is 511. The SMILES string of the molecule is COC(=O)CC#Cc1c(OC)cc(C=O)cc1OC. The maximum atomic E-state index is 11.0. The molecule has 0 N–H and O–H groups in total. The number of hydrogen-bond acceptors (Lipinski definition) is 5. The van der Waals surface area contributed by atoms with Gasteiger partial charge in [-0.1, -0.05) is 11.8 Å². The predicted octanol–water partition coefficient (Wildman–Crippen LogP) is 1.43. The van der Waals surface area contributed by atoms with E-state index in [1.54, 1.807) is 12.1 Å². The molecule has 0 radical (unpaired) electrons. The molecule has 0 heterocycles. The number of benzene rings is 1. The van der Waals surface area contributed by atoms with Crippen LogP contribution in [0.1, 0.15) is 22.3 Å². The Hall–Kier alpha value is -2.48. The Labute approximate surface area is 111 Å². The molecule has 1 rings (SSSR count). The topological polar surface area (TPSA) is 61.8 Å². The molecule has 0 aliphatic rings. The molecule has 0 aliphatic carbocycles. The van der Waals surface area contributed by atoms with Gasteiger partial charge in [-0.3, -0.25) is 9.59 Å². The van der Waals surface area contributed by atoms with Crippen LogP contribution < -0.4 is 9.47 Å². The molecule has 0 spiro atoms. The smallest absolute Gasteiger partial charge is 0.317 e. The van der Waals surface area contributed by atoms with Crippen LogP contribution in [0.25, 0.3) is 0 Å². The lowest BCUT2D eigenvalue weighted by atomic mass is 10.1. The van der Waals surface area contributed by atoms with Gasteiger partial charge < -0.3 is 14.2 Å². The minimum absolute atomic E-state index is 0.0295. The summed E-state index contributed by atoms with van der Waals surface area (Å²) < 4.78 is 14.8. The summed E-state index contributed by atoms with van der Waals surface area (Å²) >= 11 is 0. The number of methoxy groups -OCH3 is 3. The van der Waals surface area contributed by atoms with Gasteiger partial charge in [-0.25, -0.2) is 0 Å². The van der Waals surface area contributed by atoms with Crippen LogP contribution in [0.15, 0.2) is 12.1 Å². The summed E-state index contributed by atoms with van der Waals surface area (Å²) in [4.78, 5) is 21.8. The van der Waals surface area contributed by atoms with E-state index in [-0.39, 0.29) is 6.42 Å². The first-order valence-electron chi connectivity index (χ1n) is 5.43. The summed E-state index contributed by atoms with van der Waals surface area (Å²) in [6.45, 7) is 0. The fourth-order valence-corrected chi connectivity index (χ4v) is 1.40. The summed E-state index contributed by atoms with van der Waals surface area (Å²) in [5.74, 6) is 5.86. The van der Waals surface area contributed by atoms with Gasteiger partial charge in [0.15, 0.2) is 0 Å². The normalized spacial score (nSPS) is 9.00. The molecule has 0 amide bonds. The first-order chi connectivity index (χ1) is 9.15. The zero-order chi connectivity index (χ0) is 14.3. The third-order valence-corrected chi connectivity index (χ3v) is 2.34. The highest BCUT2D eigenvalue weighted by molar-refractivity contribution is 5.79. The summed E-state index contributed by atoms with van der Waals surface area (Å²) in [7, 11) is 4.23. The van der Waals surface area contributed by atoms with Crippen LogP contribution in [0.5, 0.6) is 11.5 Å². The van der Waals surface area contributed by atoms with Crippen molar-refractivity contribution in [2.45, 2.75) is 6.42 Å². The molecule has 0 bridgehead atoms. The molecule has 1 aromatic carbocycles. The third kappa shape index (κ3) is 3.75. The lowest BCUT2D eigenvalue weighted by Crippen LogP contribution is -1.98. The number of carbonyl (C=O) groups is 2. The number of hydrogen-bond donors (Lipinski definition) is 0. The van der Waals surface area contributed by atoms with Crippen LogP contribution in [0.2, 0.25) is 0 Å². The Morgan fingerprint density at radius 2 is 1.79 bits per heavy atom. The van der Waals surface area contributed by atoms with Gasteiger partial charge in [-0.05, 0) is 12.1 Å². The second-order valence-corrected chi connectivity index (χ2v) is 3.47. The van der Waals surface area contributed by atoms with Crippen molar-refractivity contribution in [3.05, 3.63) is 23.3 Å². The summed E-state index contributed by atoms with van der Waals surface area (Å²) in [6.07, 6.45) is 0.662. The van der Waals surface area contributed by atoms with Crippen molar-refractivity contribution < 1.29 is 23.8 Å². The van der Waals surface area contributed by atoms with E-state index in [9.17, 15) is 9.59 Å². The van der Waals surface area contributed by atoms with E-state index in [0.29, 0.717) is 28.9 Å². The van der Waals surface area contributed by atoms with E-state index in [0.717, 1.165) is 0 Å². The van der Waals surface area contributed by atoms with Gasteiger partial charge in [-0.15, -0.1) is 0 Å². The highest BCUT2D eigenvalue weighted by Crippen LogP contribution is 2.29. The molecule has 0 fully saturated rings. The number of ether oxygens (including phenoxy) is 3. The van der Waals surface area contributed by atoms with Crippen molar-refractivity contribution in [3.63, 3.8) is 0 Å². The van der Waals surface area contributed by atoms with Crippen molar-refractivity contribution in [1.29, 1.82) is 0 Å². The van der Waals surface area contributed by atoms with Crippen LogP contribution in [0.3, 0.4) is 0 Å². The van der Waals surface area contributed by atoms with Gasteiger partial charge in [0.2, 0.25) is 0 Å². The summed E-state index contributed by atoms with van der Waals surface area (Å²) in [6, 6.07) is 3.11. The number of rotatable bonds is 4. The second-order valence-electron chi connectivity index (χ2n) is 3.47. The highest BCUT2D eigenvalue weighted by Gasteiger charge is 2.10. The molecule has 0 atom stereocenters. The predicted molar refractivity (Wildman–Crippen MR) is 68.4 cm³/mol. The lowest BCUT2D eigenvalue weighted by molar-refractivity contribution is -0.139. The molecule has 0 unspecified atom stereocenters. The van der Waals surface area contributed by atoms with Crippen molar-refractivity contribution >= 4 is 12.3 Å². The van der Waals surface area contributed by atoms with Crippen LogP contribution >= 0.6 is 0 Å². The van der Waals surface area contributed by atoms with Crippen molar-refractivity contribution in [1.82, 2.24) is 0 Å². The maximum absolute atomic E-state index is 11.0. The zero-order valence-corrected chi connectivity index (χ0v) is 11.0. The van der Waals surface area contributed by atoms with Crippen LogP contribution in [-0.2, 0) is 9.53 Å². The summed E-state index contributed by atoms with van der Waals surface area (Å²) in [5, 5.41) is 0. The van der Waals surface area contributed by atoms with Crippen molar-refractivity contribution in [2.75, 3.05) is 21.3 Å². The number of esters is 1. The molecular formula is C14H14O5. The number of carbonyl (C=O) groups excluding carboxylic acids is 2. The maximum Gasteiger partial charge on any atom is 0.317 e. The van der Waals surface area contributed by atoms with E-state index in [4.69, 9.17) is 9.47 Å². The average molecular weight is 262 g/mol. The van der Waals surface area contributed by atoms with E-state index in [2.05, 4.69) is 16.6 Å². The van der Waals surface area contributed by atoms with Crippen LogP contribution in [0.4, 0.5) is 0 Å². The van der Waals surface area contributed by atoms with Crippen molar-refractivity contribution in [3.8, 4) is 23.3 Å². The van der Waals surface area contributed by atoms with E-state index < -0.39 is 5.97 Å². The Morgan fingerprint density at radius 1 is 1.21 bits per heavy atom. The Balaban J connectivity index is 3.17. The van der Waals surface area contributed by atoms with Gasteiger partial charge in [0.05, 0.1) is 21.3 Å². The molecule has 0 saturated carbocycles. The largest absolute Gasteiger partial charge is 0.495 e. The molecule has 0 aromatic heterocycles. The highest BCUT2D eigenvalue weighted by atomic mass is 16.5. The monoisotopic (exact) mass is 262 g/mol. The van der Waals surface area contributed by atoms with Gasteiger partial charge in [-0.2, -0.15) is 0 Å². The molecule has 5 heteroatoms. The fraction of sp³-hybridized carbons (Fsp3) is 0.286. The quantitative estimate of drug-likeness (QED) is 0.466. The minimum Gasteiger partial charge on any atom is -0.495 e. The van der Waals surface area contributed by atoms with E-state index in [1.165, 1.54) is 21.3 Å². The van der Waals surface area contributed by atoms with Crippen molar-refractivity contribution in [2.24, 2.45) is 0 Å². The summed E-state index contributed by atoms with van der Waals surface area (Å²) in [5.41, 5.74) is 0.909. The molecular weight excluding hydrogens is 248 g/mol. The Morgan fingerprint density at radius 3 is 2.21 bits per heavy atom. The lowest BCUT2D eigenvalue weighted by Gasteiger charge is -2.09. The van der Waals surface area contributed by atoms with E-state index >= 15 is 0 Å². The number of aldehydes is 1. The first kappa shape index (κ1) is 14.6. The van der Waals surface area contributed by atoms with Gasteiger partial charge in [0.1, 0.15) is 29.8 Å². The molecule has 1 aromatic rings. The van der Waals surface area contributed by atoms with Gasteiger partial charge in [0, 0.05) is 5.56 Å². The first-order valence-corrected chi connectivity index (χ1v) is 5.43. The fourth-order valence-electron chi connectivity index (χ4n) is 1.40. The molecule has 0 aliphatic heterocycles. The zero-order valence-electron chi connectivity index (χ0n) is 11.0. The van der Waals surface area contributed by atoms with Crippen LogP contribution in [0, 0.1) is 11.8 Å². The second kappa shape index (κ2) is 7.07. The molecule has 19 heavy (non-hydrogen) atoms. The van der Waals surface area contributed by atoms with Gasteiger partial charge in [0.25, 0.3) is 0 Å². The average Bonchev–Trinajstić information content (AvgIpc) is 2.46. The Kier molecular flexibility index (Phi) is 5.42. The molecule has 5 nitrogen and oxygen atoms in total. The minimum atomic E-state index is -0.421. The third-order valence-electron chi connectivity index (χ3n) is 2.34. The van der Waals surface area contributed by atoms with Crippen LogP contribution in [-0.4, -0.2) is 33.6 Å².